The summed E-state index contributed by atoms with van der Waals surface area (Å²) >= 11 is 0. The number of aryl methyl sites for hydroxylation is 1. The molecule has 0 unspecified atom stereocenters. The number of carbonyl (C=O) groups is 2. The molecule has 6 heteroatoms. The van der Waals surface area contributed by atoms with Gasteiger partial charge in [0.15, 0.2) is 0 Å². The van der Waals surface area contributed by atoms with Crippen molar-refractivity contribution in [1.29, 1.82) is 0 Å². The normalized spacial score (nSPS) is 11.6. The number of amides is 2. The van der Waals surface area contributed by atoms with Gasteiger partial charge in [0.05, 0.1) is 13.7 Å². The first-order chi connectivity index (χ1) is 17.9. The minimum absolute atomic E-state index is 0.0282. The van der Waals surface area contributed by atoms with Crippen LogP contribution < -0.4 is 14.8 Å². The highest BCUT2D eigenvalue weighted by Gasteiger charge is 2.30. The summed E-state index contributed by atoms with van der Waals surface area (Å²) < 4.78 is 11.0. The molecule has 6 nitrogen and oxygen atoms in total. The average molecular weight is 503 g/mol. The minimum Gasteiger partial charge on any atom is -0.497 e. The summed E-state index contributed by atoms with van der Waals surface area (Å²) in [7, 11) is 1.62. The monoisotopic (exact) mass is 502 g/mol. The number of nitrogens with zero attached hydrogens (tertiary/aromatic N) is 1. The third-order valence-corrected chi connectivity index (χ3v) is 6.00. The Hall–Kier alpha value is -3.80. The molecule has 1 N–H and O–H groups in total. The molecule has 0 fully saturated rings. The van der Waals surface area contributed by atoms with Gasteiger partial charge in [0.2, 0.25) is 11.8 Å². The number of nitrogens with one attached hydrogen (secondary N) is 1. The van der Waals surface area contributed by atoms with Crippen molar-refractivity contribution in [2.75, 3.05) is 13.7 Å². The maximum Gasteiger partial charge on any atom is 0.243 e. The van der Waals surface area contributed by atoms with E-state index in [2.05, 4.69) is 11.4 Å². The van der Waals surface area contributed by atoms with Crippen molar-refractivity contribution in [1.82, 2.24) is 10.2 Å². The fourth-order valence-electron chi connectivity index (χ4n) is 4.17. The summed E-state index contributed by atoms with van der Waals surface area (Å²) in [5, 5.41) is 3.03. The van der Waals surface area contributed by atoms with Gasteiger partial charge in [0.1, 0.15) is 17.5 Å². The summed E-state index contributed by atoms with van der Waals surface area (Å²) in [5.74, 6) is 1.27. The number of rotatable bonds is 13. The molecule has 3 aromatic carbocycles. The predicted molar refractivity (Wildman–Crippen MR) is 147 cm³/mol. The second-order valence-electron chi connectivity index (χ2n) is 9.51. The van der Waals surface area contributed by atoms with Crippen LogP contribution in [0.3, 0.4) is 0 Å². The Morgan fingerprint density at radius 2 is 1.57 bits per heavy atom. The van der Waals surface area contributed by atoms with Crippen LogP contribution in [-0.4, -0.2) is 42.5 Å². The van der Waals surface area contributed by atoms with Crippen LogP contribution in [0.25, 0.3) is 0 Å². The zero-order valence-electron chi connectivity index (χ0n) is 22.3. The van der Waals surface area contributed by atoms with Gasteiger partial charge in [-0.1, -0.05) is 60.2 Å². The molecule has 0 aliphatic carbocycles. The van der Waals surface area contributed by atoms with E-state index in [0.717, 1.165) is 28.2 Å². The number of carbonyl (C=O) groups excluding carboxylic acids is 2. The fraction of sp³-hybridized carbons (Fsp3) is 0.355. The van der Waals surface area contributed by atoms with E-state index in [0.29, 0.717) is 26.0 Å². The maximum absolute atomic E-state index is 13.6. The lowest BCUT2D eigenvalue weighted by Crippen LogP contribution is -2.51. The van der Waals surface area contributed by atoms with Crippen molar-refractivity contribution in [3.63, 3.8) is 0 Å². The van der Waals surface area contributed by atoms with E-state index in [-0.39, 0.29) is 24.3 Å². The molecule has 0 radical (unpaired) electrons. The molecule has 0 aliphatic rings. The van der Waals surface area contributed by atoms with Gasteiger partial charge in [0, 0.05) is 25.4 Å². The lowest BCUT2D eigenvalue weighted by Gasteiger charge is -2.32. The zero-order valence-corrected chi connectivity index (χ0v) is 22.3. The molecule has 2 amide bonds. The van der Waals surface area contributed by atoms with Gasteiger partial charge in [-0.3, -0.25) is 9.59 Å². The molecular formula is C31H38N2O4. The number of hydrogen-bond acceptors (Lipinski definition) is 4. The van der Waals surface area contributed by atoms with E-state index >= 15 is 0 Å². The van der Waals surface area contributed by atoms with E-state index < -0.39 is 6.04 Å². The van der Waals surface area contributed by atoms with Crippen LogP contribution in [0.1, 0.15) is 43.4 Å². The number of benzene rings is 3. The molecule has 0 saturated heterocycles. The molecule has 0 spiro atoms. The summed E-state index contributed by atoms with van der Waals surface area (Å²) in [4.78, 5) is 28.7. The van der Waals surface area contributed by atoms with E-state index in [1.54, 1.807) is 12.0 Å². The molecule has 0 heterocycles. The Labute approximate surface area is 220 Å². The quantitative estimate of drug-likeness (QED) is 0.321. The highest BCUT2D eigenvalue weighted by Crippen LogP contribution is 2.19. The SMILES string of the molecule is COc1ccc(OCCCC(=O)N(Cc2cccc(C)c2)[C@H](Cc2ccccc2)C(=O)NC(C)C)cc1. The van der Waals surface area contributed by atoms with Gasteiger partial charge in [-0.05, 0) is 62.6 Å². The predicted octanol–water partition coefficient (Wildman–Crippen LogP) is 5.33. The molecule has 0 saturated carbocycles. The van der Waals surface area contributed by atoms with Gasteiger partial charge >= 0.3 is 0 Å². The fourth-order valence-corrected chi connectivity index (χ4v) is 4.17. The Kier molecular flexibility index (Phi) is 10.6. The smallest absolute Gasteiger partial charge is 0.243 e. The molecular weight excluding hydrogens is 464 g/mol. The van der Waals surface area contributed by atoms with E-state index in [1.165, 1.54) is 0 Å². The molecule has 0 bridgehead atoms. The molecule has 1 atom stereocenters. The van der Waals surface area contributed by atoms with Crippen molar-refractivity contribution in [3.05, 3.63) is 95.6 Å². The van der Waals surface area contributed by atoms with Crippen molar-refractivity contribution >= 4 is 11.8 Å². The molecule has 37 heavy (non-hydrogen) atoms. The van der Waals surface area contributed by atoms with Crippen LogP contribution in [0.4, 0.5) is 0 Å². The van der Waals surface area contributed by atoms with Gasteiger partial charge in [0.25, 0.3) is 0 Å². The first-order valence-corrected chi connectivity index (χ1v) is 12.8. The topological polar surface area (TPSA) is 67.9 Å². The highest BCUT2D eigenvalue weighted by atomic mass is 16.5. The summed E-state index contributed by atoms with van der Waals surface area (Å²) in [6, 6.07) is 24.6. The molecule has 196 valence electrons. The second-order valence-corrected chi connectivity index (χ2v) is 9.51. The standard InChI is InChI=1S/C31H38N2O4/c1-23(2)32-31(35)29(21-25-11-6-5-7-12-25)33(22-26-13-8-10-24(3)20-26)30(34)14-9-19-37-28-17-15-27(36-4)16-18-28/h5-8,10-13,15-18,20,23,29H,9,14,19,21-22H2,1-4H3,(H,32,35)/t29-/m1/s1. The van der Waals surface area contributed by atoms with E-state index in [9.17, 15) is 9.59 Å². The van der Waals surface area contributed by atoms with Crippen LogP contribution in [0.5, 0.6) is 11.5 Å². The Balaban J connectivity index is 1.76. The van der Waals surface area contributed by atoms with E-state index in [4.69, 9.17) is 9.47 Å². The minimum atomic E-state index is -0.625. The van der Waals surface area contributed by atoms with Gasteiger partial charge in [-0.15, -0.1) is 0 Å². The highest BCUT2D eigenvalue weighted by molar-refractivity contribution is 5.88. The van der Waals surface area contributed by atoms with E-state index in [1.807, 2.05) is 93.6 Å². The van der Waals surface area contributed by atoms with Gasteiger partial charge < -0.3 is 19.7 Å². The molecule has 3 aromatic rings. The van der Waals surface area contributed by atoms with Crippen LogP contribution in [-0.2, 0) is 22.6 Å². The summed E-state index contributed by atoms with van der Waals surface area (Å²) in [6.07, 6.45) is 1.26. The van der Waals surface area contributed by atoms with Gasteiger partial charge in [-0.2, -0.15) is 0 Å². The number of hydrogen-bond donors (Lipinski definition) is 1. The summed E-state index contributed by atoms with van der Waals surface area (Å²) in [6.45, 7) is 6.65. The Bertz CT molecular complexity index is 1130. The lowest BCUT2D eigenvalue weighted by atomic mass is 10.0. The number of methoxy groups -OCH3 is 1. The van der Waals surface area contributed by atoms with Crippen LogP contribution in [0.15, 0.2) is 78.9 Å². The zero-order chi connectivity index (χ0) is 26.6. The third kappa shape index (κ3) is 8.98. The molecule has 3 rings (SSSR count). The van der Waals surface area contributed by atoms with Crippen LogP contribution in [0, 0.1) is 6.92 Å². The molecule has 0 aliphatic heterocycles. The molecule has 0 aromatic heterocycles. The van der Waals surface area contributed by atoms with Crippen molar-refractivity contribution in [3.8, 4) is 11.5 Å². The van der Waals surface area contributed by atoms with Crippen LogP contribution >= 0.6 is 0 Å². The van der Waals surface area contributed by atoms with Crippen molar-refractivity contribution in [2.45, 2.75) is 58.7 Å². The van der Waals surface area contributed by atoms with Gasteiger partial charge in [-0.25, -0.2) is 0 Å². The Morgan fingerprint density at radius 3 is 2.22 bits per heavy atom. The van der Waals surface area contributed by atoms with Crippen molar-refractivity contribution in [2.24, 2.45) is 0 Å². The number of ether oxygens (including phenoxy) is 2. The average Bonchev–Trinajstić information content (AvgIpc) is 2.89. The third-order valence-electron chi connectivity index (χ3n) is 6.00. The first kappa shape index (κ1) is 27.8. The van der Waals surface area contributed by atoms with Crippen molar-refractivity contribution < 1.29 is 19.1 Å². The van der Waals surface area contributed by atoms with Crippen LogP contribution in [0.2, 0.25) is 0 Å². The summed E-state index contributed by atoms with van der Waals surface area (Å²) in [5.41, 5.74) is 3.12. The largest absolute Gasteiger partial charge is 0.497 e. The first-order valence-electron chi connectivity index (χ1n) is 12.8. The Morgan fingerprint density at radius 1 is 0.892 bits per heavy atom. The maximum atomic E-state index is 13.6. The lowest BCUT2D eigenvalue weighted by molar-refractivity contribution is -0.141. The second kappa shape index (κ2) is 14.1.